The number of ether oxygens (including phenoxy) is 1. The lowest BCUT2D eigenvalue weighted by Crippen LogP contribution is -1.98. The van der Waals surface area contributed by atoms with Crippen LogP contribution in [0.1, 0.15) is 37.0 Å². The van der Waals surface area contributed by atoms with Crippen LogP contribution in [0.2, 0.25) is 0 Å². The molecule has 16 heavy (non-hydrogen) atoms. The molecule has 2 rings (SSSR count). The molecular formula is C14H18O2. The van der Waals surface area contributed by atoms with E-state index in [-0.39, 0.29) is 6.10 Å². The maximum absolute atomic E-state index is 9.67. The van der Waals surface area contributed by atoms with Gasteiger partial charge in [0.15, 0.2) is 0 Å². The first-order valence-corrected chi connectivity index (χ1v) is 5.75. The molecule has 86 valence electrons. The van der Waals surface area contributed by atoms with Gasteiger partial charge in [0.1, 0.15) is 5.75 Å². The summed E-state index contributed by atoms with van der Waals surface area (Å²) in [5.41, 5.74) is 3.42. The molecule has 0 radical (unpaired) electrons. The maximum Gasteiger partial charge on any atom is 0.119 e. The SMILES string of the molecule is C=C(C)CCOc1ccc2c(c1)CC[C@@H]2O. The molecule has 0 fully saturated rings. The molecule has 0 spiro atoms. The highest BCUT2D eigenvalue weighted by atomic mass is 16.5. The van der Waals surface area contributed by atoms with Crippen LogP contribution in [0.5, 0.6) is 5.75 Å². The van der Waals surface area contributed by atoms with Crippen LogP contribution in [-0.4, -0.2) is 11.7 Å². The first-order chi connectivity index (χ1) is 7.66. The average molecular weight is 218 g/mol. The summed E-state index contributed by atoms with van der Waals surface area (Å²) in [6.07, 6.45) is 2.40. The van der Waals surface area contributed by atoms with Crippen molar-refractivity contribution in [1.29, 1.82) is 0 Å². The first kappa shape index (κ1) is 11.2. The van der Waals surface area contributed by atoms with Crippen molar-refractivity contribution in [2.45, 2.75) is 32.3 Å². The first-order valence-electron chi connectivity index (χ1n) is 5.75. The Kier molecular flexibility index (Phi) is 3.30. The van der Waals surface area contributed by atoms with Crippen LogP contribution < -0.4 is 4.74 Å². The molecule has 1 atom stereocenters. The number of fused-ring (bicyclic) bond motifs is 1. The van der Waals surface area contributed by atoms with Crippen molar-refractivity contribution >= 4 is 0 Å². The highest BCUT2D eigenvalue weighted by Crippen LogP contribution is 2.33. The lowest BCUT2D eigenvalue weighted by molar-refractivity contribution is 0.180. The van der Waals surface area contributed by atoms with Gasteiger partial charge in [-0.2, -0.15) is 0 Å². The van der Waals surface area contributed by atoms with E-state index in [1.165, 1.54) is 5.56 Å². The molecule has 0 bridgehead atoms. The Morgan fingerprint density at radius 1 is 1.56 bits per heavy atom. The zero-order valence-corrected chi connectivity index (χ0v) is 9.70. The summed E-state index contributed by atoms with van der Waals surface area (Å²) in [6, 6.07) is 5.96. The van der Waals surface area contributed by atoms with Gasteiger partial charge in [0, 0.05) is 6.42 Å². The zero-order valence-electron chi connectivity index (χ0n) is 9.70. The largest absolute Gasteiger partial charge is 0.493 e. The molecule has 1 N–H and O–H groups in total. The van der Waals surface area contributed by atoms with Crippen LogP contribution in [0, 0.1) is 0 Å². The smallest absolute Gasteiger partial charge is 0.119 e. The number of aryl methyl sites for hydroxylation is 1. The van der Waals surface area contributed by atoms with Crippen molar-refractivity contribution in [2.24, 2.45) is 0 Å². The van der Waals surface area contributed by atoms with Crippen LogP contribution >= 0.6 is 0 Å². The summed E-state index contributed by atoms with van der Waals surface area (Å²) in [5.74, 6) is 0.897. The fourth-order valence-electron chi connectivity index (χ4n) is 2.00. The molecule has 1 aromatic rings. The van der Waals surface area contributed by atoms with Gasteiger partial charge in [0.05, 0.1) is 12.7 Å². The lowest BCUT2D eigenvalue weighted by atomic mass is 10.1. The van der Waals surface area contributed by atoms with Gasteiger partial charge in [-0.25, -0.2) is 0 Å². The normalized spacial score (nSPS) is 18.2. The topological polar surface area (TPSA) is 29.5 Å². The molecule has 0 aromatic heterocycles. The van der Waals surface area contributed by atoms with Gasteiger partial charge in [-0.3, -0.25) is 0 Å². The minimum Gasteiger partial charge on any atom is -0.493 e. The Balaban J connectivity index is 1.99. The predicted molar refractivity (Wildman–Crippen MR) is 64.6 cm³/mol. The Labute approximate surface area is 96.6 Å². The fourth-order valence-corrected chi connectivity index (χ4v) is 2.00. The van der Waals surface area contributed by atoms with Gasteiger partial charge < -0.3 is 9.84 Å². The Hall–Kier alpha value is -1.28. The second kappa shape index (κ2) is 4.71. The van der Waals surface area contributed by atoms with Gasteiger partial charge in [-0.1, -0.05) is 11.6 Å². The van der Waals surface area contributed by atoms with Crippen molar-refractivity contribution in [2.75, 3.05) is 6.61 Å². The summed E-state index contributed by atoms with van der Waals surface area (Å²) in [7, 11) is 0. The predicted octanol–water partition coefficient (Wildman–Crippen LogP) is 3.01. The molecular weight excluding hydrogens is 200 g/mol. The summed E-state index contributed by atoms with van der Waals surface area (Å²) in [6.45, 7) is 6.52. The quantitative estimate of drug-likeness (QED) is 0.787. The van der Waals surface area contributed by atoms with Gasteiger partial charge in [-0.15, -0.1) is 6.58 Å². The van der Waals surface area contributed by atoms with E-state index in [0.29, 0.717) is 6.61 Å². The van der Waals surface area contributed by atoms with Crippen LogP contribution in [0.15, 0.2) is 30.4 Å². The third kappa shape index (κ3) is 2.45. The van der Waals surface area contributed by atoms with E-state index >= 15 is 0 Å². The number of aliphatic hydroxyl groups excluding tert-OH is 1. The van der Waals surface area contributed by atoms with Crippen molar-refractivity contribution < 1.29 is 9.84 Å². The number of hydrogen-bond acceptors (Lipinski definition) is 2. The highest BCUT2D eigenvalue weighted by molar-refractivity contribution is 5.39. The van der Waals surface area contributed by atoms with E-state index < -0.39 is 0 Å². The van der Waals surface area contributed by atoms with Crippen LogP contribution in [0.4, 0.5) is 0 Å². The van der Waals surface area contributed by atoms with E-state index in [9.17, 15) is 5.11 Å². The maximum atomic E-state index is 9.67. The minimum absolute atomic E-state index is 0.278. The van der Waals surface area contributed by atoms with Crippen LogP contribution in [0.3, 0.4) is 0 Å². The van der Waals surface area contributed by atoms with Gasteiger partial charge in [0.25, 0.3) is 0 Å². The standard InChI is InChI=1S/C14H18O2/c1-10(2)7-8-16-12-4-5-13-11(9-12)3-6-14(13)15/h4-5,9,14-15H,1,3,6-8H2,2H3/t14-/m0/s1. The van der Waals surface area contributed by atoms with Crippen LogP contribution in [-0.2, 0) is 6.42 Å². The second-order valence-electron chi connectivity index (χ2n) is 4.47. The summed E-state index contributed by atoms with van der Waals surface area (Å²) in [5, 5.41) is 9.67. The second-order valence-corrected chi connectivity index (χ2v) is 4.47. The number of rotatable bonds is 4. The molecule has 1 aliphatic carbocycles. The molecule has 1 aliphatic rings. The van der Waals surface area contributed by atoms with Crippen molar-refractivity contribution in [3.63, 3.8) is 0 Å². The van der Waals surface area contributed by atoms with E-state index in [0.717, 1.165) is 36.1 Å². The third-order valence-electron chi connectivity index (χ3n) is 2.96. The molecule has 2 heteroatoms. The molecule has 0 amide bonds. The highest BCUT2D eigenvalue weighted by Gasteiger charge is 2.20. The van der Waals surface area contributed by atoms with Gasteiger partial charge >= 0.3 is 0 Å². The monoisotopic (exact) mass is 218 g/mol. The van der Waals surface area contributed by atoms with Gasteiger partial charge in [0.2, 0.25) is 0 Å². The minimum atomic E-state index is -0.278. The van der Waals surface area contributed by atoms with Crippen molar-refractivity contribution in [3.05, 3.63) is 41.5 Å². The average Bonchev–Trinajstić information content (AvgIpc) is 2.60. The zero-order chi connectivity index (χ0) is 11.5. The Morgan fingerprint density at radius 2 is 2.38 bits per heavy atom. The summed E-state index contributed by atoms with van der Waals surface area (Å²) < 4.78 is 5.63. The number of benzene rings is 1. The molecule has 0 heterocycles. The lowest BCUT2D eigenvalue weighted by Gasteiger charge is -2.08. The van der Waals surface area contributed by atoms with E-state index in [1.807, 2.05) is 25.1 Å². The Bertz CT molecular complexity index is 396. The Morgan fingerprint density at radius 3 is 3.12 bits per heavy atom. The van der Waals surface area contributed by atoms with E-state index in [4.69, 9.17) is 4.74 Å². The number of aliphatic hydroxyl groups is 1. The van der Waals surface area contributed by atoms with Crippen molar-refractivity contribution in [3.8, 4) is 5.75 Å². The van der Waals surface area contributed by atoms with Gasteiger partial charge in [-0.05, 0) is 43.0 Å². The van der Waals surface area contributed by atoms with Crippen LogP contribution in [0.25, 0.3) is 0 Å². The van der Waals surface area contributed by atoms with E-state index in [2.05, 4.69) is 6.58 Å². The van der Waals surface area contributed by atoms with Crippen molar-refractivity contribution in [1.82, 2.24) is 0 Å². The molecule has 0 saturated heterocycles. The fraction of sp³-hybridized carbons (Fsp3) is 0.429. The molecule has 2 nitrogen and oxygen atoms in total. The molecule has 0 saturated carbocycles. The molecule has 0 aliphatic heterocycles. The molecule has 1 aromatic carbocycles. The summed E-state index contributed by atoms with van der Waals surface area (Å²) >= 11 is 0. The third-order valence-corrected chi connectivity index (χ3v) is 2.96. The number of hydrogen-bond donors (Lipinski definition) is 1. The summed E-state index contributed by atoms with van der Waals surface area (Å²) in [4.78, 5) is 0. The molecule has 0 unspecified atom stereocenters. The van der Waals surface area contributed by atoms with E-state index in [1.54, 1.807) is 0 Å².